The van der Waals surface area contributed by atoms with Gasteiger partial charge >= 0.3 is 17.9 Å². The van der Waals surface area contributed by atoms with Crippen molar-refractivity contribution in [3.63, 3.8) is 0 Å². The Kier molecular flexibility index (Phi) is 51.3. The third-order valence-corrected chi connectivity index (χ3v) is 12.4. The first kappa shape index (κ1) is 61.6. The lowest BCUT2D eigenvalue weighted by molar-refractivity contribution is -0.167. The average molecular weight is 899 g/mol. The molecule has 0 saturated carbocycles. The van der Waals surface area contributed by atoms with E-state index >= 15 is 0 Å². The molecule has 0 heterocycles. The van der Waals surface area contributed by atoms with E-state index in [4.69, 9.17) is 14.2 Å². The summed E-state index contributed by atoms with van der Waals surface area (Å²) < 4.78 is 16.8. The number of carbonyl (C=O) groups is 3. The molecule has 0 fully saturated rings. The van der Waals surface area contributed by atoms with Crippen molar-refractivity contribution in [2.75, 3.05) is 13.2 Å². The molecule has 0 aliphatic rings. The van der Waals surface area contributed by atoms with E-state index in [0.717, 1.165) is 77.0 Å². The van der Waals surface area contributed by atoms with Gasteiger partial charge in [0.15, 0.2) is 6.10 Å². The van der Waals surface area contributed by atoms with Gasteiger partial charge in [0.25, 0.3) is 0 Å². The van der Waals surface area contributed by atoms with Crippen molar-refractivity contribution >= 4 is 17.9 Å². The van der Waals surface area contributed by atoms with Gasteiger partial charge in [-0.15, -0.1) is 0 Å². The van der Waals surface area contributed by atoms with Crippen LogP contribution < -0.4 is 0 Å². The molecule has 0 aliphatic heterocycles. The maximum atomic E-state index is 12.8. The van der Waals surface area contributed by atoms with E-state index in [1.165, 1.54) is 180 Å². The highest BCUT2D eigenvalue weighted by atomic mass is 16.6. The zero-order valence-electron chi connectivity index (χ0n) is 42.8. The number of hydrogen-bond donors (Lipinski definition) is 0. The maximum absolute atomic E-state index is 12.8. The van der Waals surface area contributed by atoms with Crippen molar-refractivity contribution in [2.24, 2.45) is 0 Å². The summed E-state index contributed by atoms with van der Waals surface area (Å²) in [7, 11) is 0. The van der Waals surface area contributed by atoms with Crippen molar-refractivity contribution in [2.45, 2.75) is 303 Å². The monoisotopic (exact) mass is 899 g/mol. The van der Waals surface area contributed by atoms with Crippen LogP contribution >= 0.6 is 0 Å². The molecule has 0 aromatic rings. The number of allylic oxidation sites excluding steroid dienone is 6. The Morgan fingerprint density at radius 3 is 0.875 bits per heavy atom. The summed E-state index contributed by atoms with van der Waals surface area (Å²) in [5.74, 6) is -0.878. The first-order valence-electron chi connectivity index (χ1n) is 28.0. The number of esters is 3. The van der Waals surface area contributed by atoms with Crippen LogP contribution in [0.15, 0.2) is 36.5 Å². The molecule has 6 nitrogen and oxygen atoms in total. The largest absolute Gasteiger partial charge is 0.462 e. The Morgan fingerprint density at radius 2 is 0.562 bits per heavy atom. The number of ether oxygens (including phenoxy) is 3. The zero-order valence-corrected chi connectivity index (χ0v) is 42.8. The molecule has 1 atom stereocenters. The highest BCUT2D eigenvalue weighted by molar-refractivity contribution is 5.71. The van der Waals surface area contributed by atoms with E-state index in [-0.39, 0.29) is 31.1 Å². The number of carbonyl (C=O) groups excluding carboxylic acids is 3. The van der Waals surface area contributed by atoms with Crippen molar-refractivity contribution in [1.82, 2.24) is 0 Å². The molecule has 0 aromatic heterocycles. The van der Waals surface area contributed by atoms with Gasteiger partial charge < -0.3 is 14.2 Å². The van der Waals surface area contributed by atoms with Gasteiger partial charge in [0.1, 0.15) is 13.2 Å². The van der Waals surface area contributed by atoms with Crippen molar-refractivity contribution < 1.29 is 28.6 Å². The normalized spacial score (nSPS) is 12.2. The standard InChI is InChI=1S/C58H106O6/c1-4-7-10-13-16-18-20-22-24-26-28-29-30-32-33-35-37-39-42-45-48-51-57(60)63-54-55(53-62-56(59)50-47-44-41-15-12-9-6-3)64-58(61)52-49-46-43-40-38-36-34-31-27-25-23-21-19-17-14-11-8-5-2/h20,22,26,28,30,32,55H,4-19,21,23-25,27,29,31,33-54H2,1-3H3/b22-20-,28-26-,32-30-. The van der Waals surface area contributed by atoms with E-state index in [0.29, 0.717) is 19.3 Å². The third-order valence-electron chi connectivity index (χ3n) is 12.4. The summed E-state index contributed by atoms with van der Waals surface area (Å²) in [5, 5.41) is 0. The summed E-state index contributed by atoms with van der Waals surface area (Å²) in [6.45, 7) is 6.61. The predicted octanol–water partition coefficient (Wildman–Crippen LogP) is 18.5. The first-order chi connectivity index (χ1) is 31.5. The highest BCUT2D eigenvalue weighted by Gasteiger charge is 2.19. The lowest BCUT2D eigenvalue weighted by Crippen LogP contribution is -2.30. The Hall–Kier alpha value is -2.37. The second-order valence-electron chi connectivity index (χ2n) is 18.9. The average Bonchev–Trinajstić information content (AvgIpc) is 3.29. The summed E-state index contributed by atoms with van der Waals surface area (Å²) in [6.07, 6.45) is 62.9. The second kappa shape index (κ2) is 53.2. The van der Waals surface area contributed by atoms with Crippen molar-refractivity contribution in [3.05, 3.63) is 36.5 Å². The molecule has 0 N–H and O–H groups in total. The molecule has 0 spiro atoms. The molecule has 0 rings (SSSR count). The van der Waals surface area contributed by atoms with Gasteiger partial charge in [-0.25, -0.2) is 0 Å². The zero-order chi connectivity index (χ0) is 46.5. The van der Waals surface area contributed by atoms with Crippen molar-refractivity contribution in [3.8, 4) is 0 Å². The minimum Gasteiger partial charge on any atom is -0.462 e. The van der Waals surface area contributed by atoms with Crippen LogP contribution in [0.3, 0.4) is 0 Å². The van der Waals surface area contributed by atoms with E-state index < -0.39 is 6.10 Å². The molecule has 6 heteroatoms. The minimum atomic E-state index is -0.771. The van der Waals surface area contributed by atoms with Gasteiger partial charge in [-0.3, -0.25) is 14.4 Å². The van der Waals surface area contributed by atoms with Gasteiger partial charge in [-0.05, 0) is 57.8 Å². The SMILES string of the molecule is CCCCCCC/C=C\C/C=C\C/C=C\CCCCCCCCC(=O)OCC(COC(=O)CCCCCCCCC)OC(=O)CCCCCCCCCCCCCCCCCCCC. The van der Waals surface area contributed by atoms with Crippen LogP contribution in [0, 0.1) is 0 Å². The molecule has 64 heavy (non-hydrogen) atoms. The van der Waals surface area contributed by atoms with Crippen molar-refractivity contribution in [1.29, 1.82) is 0 Å². The second-order valence-corrected chi connectivity index (χ2v) is 18.9. The number of hydrogen-bond acceptors (Lipinski definition) is 6. The lowest BCUT2D eigenvalue weighted by atomic mass is 10.0. The highest BCUT2D eigenvalue weighted by Crippen LogP contribution is 2.16. The summed E-state index contributed by atoms with van der Waals surface area (Å²) in [4.78, 5) is 37.9. The molecule has 0 aliphatic carbocycles. The van der Waals surface area contributed by atoms with Crippen LogP contribution in [-0.4, -0.2) is 37.2 Å². The first-order valence-corrected chi connectivity index (χ1v) is 28.0. The quantitative estimate of drug-likeness (QED) is 0.0262. The Morgan fingerprint density at radius 1 is 0.312 bits per heavy atom. The lowest BCUT2D eigenvalue weighted by Gasteiger charge is -2.18. The van der Waals surface area contributed by atoms with Crippen LogP contribution in [0.1, 0.15) is 297 Å². The van der Waals surface area contributed by atoms with Crippen LogP contribution in [0.4, 0.5) is 0 Å². The fraction of sp³-hybridized carbons (Fsp3) is 0.845. The maximum Gasteiger partial charge on any atom is 0.306 e. The fourth-order valence-corrected chi connectivity index (χ4v) is 8.16. The van der Waals surface area contributed by atoms with E-state index in [2.05, 4.69) is 57.2 Å². The van der Waals surface area contributed by atoms with Crippen LogP contribution in [-0.2, 0) is 28.6 Å². The van der Waals surface area contributed by atoms with E-state index in [1.54, 1.807) is 0 Å². The number of unbranched alkanes of at least 4 members (excludes halogenated alkanes) is 34. The number of rotatable bonds is 51. The van der Waals surface area contributed by atoms with Crippen LogP contribution in [0.5, 0.6) is 0 Å². The van der Waals surface area contributed by atoms with Gasteiger partial charge in [0, 0.05) is 19.3 Å². The Balaban J connectivity index is 4.21. The van der Waals surface area contributed by atoms with Gasteiger partial charge in [0.2, 0.25) is 0 Å². The van der Waals surface area contributed by atoms with Crippen LogP contribution in [0.25, 0.3) is 0 Å². The molecule has 0 bridgehead atoms. The fourth-order valence-electron chi connectivity index (χ4n) is 8.16. The van der Waals surface area contributed by atoms with E-state index in [1.807, 2.05) is 0 Å². The minimum absolute atomic E-state index is 0.0731. The topological polar surface area (TPSA) is 78.9 Å². The van der Waals surface area contributed by atoms with Crippen LogP contribution in [0.2, 0.25) is 0 Å². The molecule has 0 aromatic carbocycles. The van der Waals surface area contributed by atoms with Gasteiger partial charge in [-0.2, -0.15) is 0 Å². The molecule has 1 unspecified atom stereocenters. The molecule has 0 amide bonds. The third kappa shape index (κ3) is 50.6. The molecule has 0 saturated heterocycles. The Labute approximate surface area is 397 Å². The predicted molar refractivity (Wildman–Crippen MR) is 275 cm³/mol. The van der Waals surface area contributed by atoms with Gasteiger partial charge in [-0.1, -0.05) is 256 Å². The van der Waals surface area contributed by atoms with Gasteiger partial charge in [0.05, 0.1) is 0 Å². The van der Waals surface area contributed by atoms with E-state index in [9.17, 15) is 14.4 Å². The Bertz CT molecular complexity index is 1080. The molecular formula is C58H106O6. The summed E-state index contributed by atoms with van der Waals surface area (Å²) in [6, 6.07) is 0. The summed E-state index contributed by atoms with van der Waals surface area (Å²) in [5.41, 5.74) is 0. The summed E-state index contributed by atoms with van der Waals surface area (Å²) >= 11 is 0. The molecular weight excluding hydrogens is 793 g/mol. The molecule has 374 valence electrons. The molecule has 0 radical (unpaired) electrons. The smallest absolute Gasteiger partial charge is 0.306 e.